The van der Waals surface area contributed by atoms with Gasteiger partial charge in [-0.1, -0.05) is 30.3 Å². The fourth-order valence-electron chi connectivity index (χ4n) is 7.29. The van der Waals surface area contributed by atoms with Crippen LogP contribution >= 0.6 is 0 Å². The molecule has 1 aliphatic heterocycles. The first-order chi connectivity index (χ1) is 12.7. The molecule has 0 radical (unpaired) electrons. The Bertz CT molecular complexity index is 650. The van der Waals surface area contributed by atoms with Gasteiger partial charge in [-0.3, -0.25) is 4.79 Å². The molecule has 3 nitrogen and oxygen atoms in total. The Morgan fingerprint density at radius 1 is 1.04 bits per heavy atom. The van der Waals surface area contributed by atoms with Gasteiger partial charge in [-0.05, 0) is 92.7 Å². The normalized spacial score (nSPS) is 39.1. The standard InChI is InChI=1S/C23H32N2O/c26-21(19-6-8-24-9-7-19)25-16-22-11-17-10-18(12-22)14-23(13-17,15-22)20-4-2-1-3-5-20/h1-5,17-19,24H,6-16H2,(H,25,26). The average molecular weight is 353 g/mol. The molecule has 3 heteroatoms. The molecular weight excluding hydrogens is 320 g/mol. The van der Waals surface area contributed by atoms with Crippen LogP contribution in [0.25, 0.3) is 0 Å². The van der Waals surface area contributed by atoms with Crippen molar-refractivity contribution >= 4 is 5.91 Å². The van der Waals surface area contributed by atoms with Crippen LogP contribution in [-0.2, 0) is 10.2 Å². The van der Waals surface area contributed by atoms with Crippen molar-refractivity contribution in [1.82, 2.24) is 10.6 Å². The first kappa shape index (κ1) is 16.8. The third kappa shape index (κ3) is 2.89. The van der Waals surface area contributed by atoms with Gasteiger partial charge >= 0.3 is 0 Å². The van der Waals surface area contributed by atoms with Crippen LogP contribution in [0.15, 0.2) is 30.3 Å². The Balaban J connectivity index is 1.33. The minimum Gasteiger partial charge on any atom is -0.355 e. The summed E-state index contributed by atoms with van der Waals surface area (Å²) >= 11 is 0. The van der Waals surface area contributed by atoms with Crippen molar-refractivity contribution in [1.29, 1.82) is 0 Å². The van der Waals surface area contributed by atoms with E-state index in [1.165, 1.54) is 38.5 Å². The van der Waals surface area contributed by atoms with E-state index in [-0.39, 0.29) is 5.92 Å². The van der Waals surface area contributed by atoms with Crippen molar-refractivity contribution in [3.05, 3.63) is 35.9 Å². The van der Waals surface area contributed by atoms with Crippen LogP contribution in [0.1, 0.15) is 56.9 Å². The van der Waals surface area contributed by atoms with Gasteiger partial charge in [-0.15, -0.1) is 0 Å². The van der Waals surface area contributed by atoms with Crippen LogP contribution in [0.4, 0.5) is 0 Å². The highest BCUT2D eigenvalue weighted by molar-refractivity contribution is 5.78. The van der Waals surface area contributed by atoms with E-state index in [9.17, 15) is 4.79 Å². The number of benzene rings is 1. The van der Waals surface area contributed by atoms with Gasteiger partial charge in [0.1, 0.15) is 0 Å². The maximum absolute atomic E-state index is 12.7. The topological polar surface area (TPSA) is 41.1 Å². The van der Waals surface area contributed by atoms with Gasteiger partial charge in [0.2, 0.25) is 5.91 Å². The number of piperidine rings is 1. The van der Waals surface area contributed by atoms with Crippen molar-refractivity contribution in [2.45, 2.75) is 56.8 Å². The number of amides is 1. The van der Waals surface area contributed by atoms with Crippen molar-refractivity contribution in [2.24, 2.45) is 23.2 Å². The largest absolute Gasteiger partial charge is 0.355 e. The van der Waals surface area contributed by atoms with Crippen LogP contribution in [0.3, 0.4) is 0 Å². The lowest BCUT2D eigenvalue weighted by atomic mass is 9.43. The molecule has 5 fully saturated rings. The van der Waals surface area contributed by atoms with E-state index in [1.807, 2.05) is 0 Å². The van der Waals surface area contributed by atoms with Gasteiger partial charge in [0.05, 0.1) is 0 Å². The zero-order valence-corrected chi connectivity index (χ0v) is 15.8. The third-order valence-corrected chi connectivity index (χ3v) is 7.92. The zero-order valence-electron chi connectivity index (χ0n) is 15.8. The summed E-state index contributed by atoms with van der Waals surface area (Å²) in [5, 5.41) is 6.77. The van der Waals surface area contributed by atoms with E-state index < -0.39 is 0 Å². The average Bonchev–Trinajstić information content (AvgIpc) is 2.67. The van der Waals surface area contributed by atoms with Crippen molar-refractivity contribution in [3.8, 4) is 0 Å². The smallest absolute Gasteiger partial charge is 0.223 e. The molecule has 6 rings (SSSR count). The van der Waals surface area contributed by atoms with Crippen LogP contribution in [0, 0.1) is 23.2 Å². The second-order valence-electron chi connectivity index (χ2n) is 9.85. The Hall–Kier alpha value is -1.35. The molecule has 4 aliphatic carbocycles. The minimum absolute atomic E-state index is 0.230. The zero-order chi connectivity index (χ0) is 17.6. The molecule has 140 valence electrons. The van der Waals surface area contributed by atoms with Gasteiger partial charge in [0, 0.05) is 12.5 Å². The lowest BCUT2D eigenvalue weighted by molar-refractivity contribution is -0.128. The van der Waals surface area contributed by atoms with E-state index in [1.54, 1.807) is 5.56 Å². The fraction of sp³-hybridized carbons (Fsp3) is 0.696. The molecule has 0 spiro atoms. The predicted molar refractivity (Wildman–Crippen MR) is 104 cm³/mol. The summed E-state index contributed by atoms with van der Waals surface area (Å²) in [6.45, 7) is 2.90. The van der Waals surface area contributed by atoms with Crippen molar-refractivity contribution in [2.75, 3.05) is 19.6 Å². The maximum atomic E-state index is 12.7. The van der Waals surface area contributed by atoms with Crippen LogP contribution in [0.2, 0.25) is 0 Å². The summed E-state index contributed by atoms with van der Waals surface area (Å²) in [5.41, 5.74) is 2.29. The Morgan fingerprint density at radius 2 is 1.73 bits per heavy atom. The Kier molecular flexibility index (Phi) is 4.11. The molecule has 1 aromatic carbocycles. The maximum Gasteiger partial charge on any atom is 0.223 e. The predicted octanol–water partition coefficient (Wildman–Crippen LogP) is 3.64. The van der Waals surface area contributed by atoms with E-state index in [4.69, 9.17) is 0 Å². The van der Waals surface area contributed by atoms with E-state index in [0.717, 1.165) is 44.3 Å². The summed E-state index contributed by atoms with van der Waals surface area (Å²) in [6, 6.07) is 11.3. The summed E-state index contributed by atoms with van der Waals surface area (Å²) in [4.78, 5) is 12.7. The van der Waals surface area contributed by atoms with Gasteiger partial charge in [0.15, 0.2) is 0 Å². The second kappa shape index (κ2) is 6.37. The van der Waals surface area contributed by atoms with Crippen molar-refractivity contribution < 1.29 is 4.79 Å². The van der Waals surface area contributed by atoms with Gasteiger partial charge in [-0.2, -0.15) is 0 Å². The monoisotopic (exact) mass is 352 g/mol. The lowest BCUT2D eigenvalue weighted by Gasteiger charge is -2.62. The number of rotatable bonds is 4. The molecule has 5 aliphatic rings. The quantitative estimate of drug-likeness (QED) is 0.869. The first-order valence-corrected chi connectivity index (χ1v) is 10.7. The molecule has 1 aromatic rings. The number of hydrogen-bond acceptors (Lipinski definition) is 2. The molecule has 2 unspecified atom stereocenters. The molecule has 2 N–H and O–H groups in total. The summed E-state index contributed by atoms with van der Waals surface area (Å²) in [7, 11) is 0. The Morgan fingerprint density at radius 3 is 2.42 bits per heavy atom. The highest BCUT2D eigenvalue weighted by atomic mass is 16.1. The molecular formula is C23H32N2O. The summed E-state index contributed by atoms with van der Waals surface area (Å²) < 4.78 is 0. The molecule has 1 amide bonds. The molecule has 1 heterocycles. The van der Waals surface area contributed by atoms with E-state index in [0.29, 0.717) is 16.7 Å². The number of hydrogen-bond donors (Lipinski definition) is 2. The molecule has 0 aromatic heterocycles. The lowest BCUT2D eigenvalue weighted by Crippen LogP contribution is -2.57. The molecule has 1 saturated heterocycles. The van der Waals surface area contributed by atoms with Gasteiger partial charge in [0.25, 0.3) is 0 Å². The SMILES string of the molecule is O=C(NCC12CC3CC(C1)CC(c1ccccc1)(C3)C2)C1CCNCC1. The van der Waals surface area contributed by atoms with Gasteiger partial charge in [-0.25, -0.2) is 0 Å². The highest BCUT2D eigenvalue weighted by Crippen LogP contribution is 2.65. The third-order valence-electron chi connectivity index (χ3n) is 7.92. The molecule has 26 heavy (non-hydrogen) atoms. The van der Waals surface area contributed by atoms with Crippen molar-refractivity contribution in [3.63, 3.8) is 0 Å². The Labute approximate surface area is 157 Å². The molecule has 2 atom stereocenters. The van der Waals surface area contributed by atoms with Crippen LogP contribution in [0.5, 0.6) is 0 Å². The van der Waals surface area contributed by atoms with E-state index in [2.05, 4.69) is 41.0 Å². The summed E-state index contributed by atoms with van der Waals surface area (Å²) in [6.07, 6.45) is 10.1. The summed E-state index contributed by atoms with van der Waals surface area (Å²) in [5.74, 6) is 2.28. The number of carbonyl (C=O) groups is 1. The second-order valence-corrected chi connectivity index (χ2v) is 9.85. The van der Waals surface area contributed by atoms with Crippen LogP contribution < -0.4 is 10.6 Å². The van der Waals surface area contributed by atoms with E-state index >= 15 is 0 Å². The minimum atomic E-state index is 0.230. The number of nitrogens with one attached hydrogen (secondary N) is 2. The van der Waals surface area contributed by atoms with Gasteiger partial charge < -0.3 is 10.6 Å². The molecule has 4 bridgehead atoms. The highest BCUT2D eigenvalue weighted by Gasteiger charge is 2.58. The fourth-order valence-corrected chi connectivity index (χ4v) is 7.29. The first-order valence-electron chi connectivity index (χ1n) is 10.7. The molecule has 4 saturated carbocycles. The van der Waals surface area contributed by atoms with Crippen LogP contribution in [-0.4, -0.2) is 25.5 Å². The number of carbonyl (C=O) groups excluding carboxylic acids is 1.